The van der Waals surface area contributed by atoms with Crippen LogP contribution in [0.4, 0.5) is 0 Å². The molecular weight excluding hydrogens is 498 g/mol. The molecule has 4 aromatic rings. The molecule has 2 heterocycles. The molecule has 0 aliphatic rings. The van der Waals surface area contributed by atoms with Crippen LogP contribution in [0.5, 0.6) is 11.5 Å². The third kappa shape index (κ3) is 6.37. The van der Waals surface area contributed by atoms with Gasteiger partial charge in [-0.2, -0.15) is 0 Å². The molecule has 11 nitrogen and oxygen atoms in total. The number of aliphatic hydroxyl groups is 1. The molecule has 0 bridgehead atoms. The Morgan fingerprint density at radius 2 is 1.19 bits per heavy atom. The Bertz CT molecular complexity index is 1430. The number of ether oxygens (including phenoxy) is 2. The number of carbonyl (C=O) groups excluding carboxylic acids is 2. The van der Waals surface area contributed by atoms with Gasteiger partial charge in [-0.15, -0.1) is 0 Å². The van der Waals surface area contributed by atoms with E-state index in [1.807, 2.05) is 0 Å². The summed E-state index contributed by atoms with van der Waals surface area (Å²) < 4.78 is 21.2. The van der Waals surface area contributed by atoms with Crippen molar-refractivity contribution >= 4 is 33.9 Å². The maximum atomic E-state index is 12.3. The molecule has 13 heteroatoms. The minimum absolute atomic E-state index is 0. The molecule has 0 fully saturated rings. The van der Waals surface area contributed by atoms with Gasteiger partial charge in [-0.3, -0.25) is 9.59 Å². The van der Waals surface area contributed by atoms with E-state index in [0.29, 0.717) is 0 Å². The molecule has 0 atom stereocenters. The van der Waals surface area contributed by atoms with Crippen molar-refractivity contribution in [2.45, 2.75) is 6.10 Å². The van der Waals surface area contributed by atoms with E-state index >= 15 is 0 Å². The van der Waals surface area contributed by atoms with Gasteiger partial charge in [0.05, 0.1) is 0 Å². The third-order valence-corrected chi connectivity index (χ3v) is 4.70. The van der Waals surface area contributed by atoms with Gasteiger partial charge in [0.25, 0.3) is 0 Å². The zero-order valence-electron chi connectivity index (χ0n) is 19.1. The molecule has 0 aliphatic heterocycles. The predicted molar refractivity (Wildman–Crippen MR) is 113 cm³/mol. The summed E-state index contributed by atoms with van der Waals surface area (Å²) in [6.45, 7) is -0.649. The molecule has 176 valence electrons. The average Bonchev–Trinajstić information content (AvgIpc) is 2.80. The van der Waals surface area contributed by atoms with Gasteiger partial charge in [-0.05, 0) is 24.3 Å². The van der Waals surface area contributed by atoms with Crippen LogP contribution in [0.25, 0.3) is 21.9 Å². The fourth-order valence-corrected chi connectivity index (χ4v) is 3.22. The Morgan fingerprint density at radius 1 is 0.806 bits per heavy atom. The number of aromatic carboxylic acids is 2. The standard InChI is InChI=1S/C23H16O11.2Na.H2/c24-11(9-31-14-3-1-5-16-20(14)12(25)7-18(33-16)22(27)28)10-32-15-4-2-6-17-21(15)13(26)8-19(34-17)23(29)30;;;/h1-8,11,24H,9-10H2,(H,27,28)(H,29,30);;;1H/q;2*+1;/p-2. The second-order valence-corrected chi connectivity index (χ2v) is 7.06. The summed E-state index contributed by atoms with van der Waals surface area (Å²) in [5, 5.41) is 32.1. The van der Waals surface area contributed by atoms with E-state index in [4.69, 9.17) is 18.3 Å². The van der Waals surface area contributed by atoms with Gasteiger partial charge in [0, 0.05) is 13.6 Å². The number of fused-ring (bicyclic) bond motifs is 2. The van der Waals surface area contributed by atoms with Crippen LogP contribution in [-0.2, 0) is 0 Å². The minimum atomic E-state index is -1.64. The van der Waals surface area contributed by atoms with Crippen molar-refractivity contribution < 1.29 is 104 Å². The molecule has 0 radical (unpaired) electrons. The number of hydrogen-bond donors (Lipinski definition) is 1. The van der Waals surface area contributed by atoms with E-state index in [0.717, 1.165) is 12.1 Å². The van der Waals surface area contributed by atoms with E-state index < -0.39 is 40.4 Å². The molecule has 0 saturated carbocycles. The zero-order chi connectivity index (χ0) is 24.4. The Balaban J connectivity index is 0.00000228. The molecule has 0 spiro atoms. The second-order valence-electron chi connectivity index (χ2n) is 7.06. The van der Waals surface area contributed by atoms with Crippen LogP contribution >= 0.6 is 0 Å². The first-order valence-corrected chi connectivity index (χ1v) is 9.74. The third-order valence-electron chi connectivity index (χ3n) is 4.70. The maximum Gasteiger partial charge on any atom is 1.00 e. The second kappa shape index (κ2) is 12.5. The van der Waals surface area contributed by atoms with Crippen molar-refractivity contribution in [3.63, 3.8) is 0 Å². The molecule has 1 N–H and O–H groups in total. The van der Waals surface area contributed by atoms with Gasteiger partial charge in [0.15, 0.2) is 22.4 Å². The Kier molecular flexibility index (Phi) is 10.3. The first-order chi connectivity index (χ1) is 16.2. The summed E-state index contributed by atoms with van der Waals surface area (Å²) in [6.07, 6.45) is -1.21. The van der Waals surface area contributed by atoms with Crippen molar-refractivity contribution in [2.75, 3.05) is 13.2 Å². The number of rotatable bonds is 8. The molecule has 0 unspecified atom stereocenters. The molecule has 2 aromatic carbocycles. The van der Waals surface area contributed by atoms with Crippen molar-refractivity contribution in [3.8, 4) is 11.5 Å². The van der Waals surface area contributed by atoms with Crippen molar-refractivity contribution in [3.05, 3.63) is 80.5 Å². The number of aliphatic hydroxyl groups excluding tert-OH is 1. The summed E-state index contributed by atoms with van der Waals surface area (Å²) in [5.74, 6) is -4.44. The summed E-state index contributed by atoms with van der Waals surface area (Å²) >= 11 is 0. The van der Waals surface area contributed by atoms with Gasteiger partial charge in [-0.1, -0.05) is 12.1 Å². The van der Waals surface area contributed by atoms with E-state index in [9.17, 15) is 34.5 Å². The monoisotopic (exact) mass is 514 g/mol. The molecule has 4 rings (SSSR count). The van der Waals surface area contributed by atoms with Gasteiger partial charge < -0.3 is 43.2 Å². The van der Waals surface area contributed by atoms with Crippen molar-refractivity contribution in [2.24, 2.45) is 0 Å². The van der Waals surface area contributed by atoms with Crippen LogP contribution in [0.1, 0.15) is 22.5 Å². The van der Waals surface area contributed by atoms with Crippen LogP contribution in [-0.4, -0.2) is 36.4 Å². The van der Waals surface area contributed by atoms with Crippen LogP contribution in [0.3, 0.4) is 0 Å². The number of benzene rings is 2. The van der Waals surface area contributed by atoms with Gasteiger partial charge >= 0.3 is 59.1 Å². The molecule has 36 heavy (non-hydrogen) atoms. The minimum Gasteiger partial charge on any atom is -0.542 e. The van der Waals surface area contributed by atoms with Crippen molar-refractivity contribution in [1.82, 2.24) is 0 Å². The summed E-state index contributed by atoms with van der Waals surface area (Å²) in [4.78, 5) is 46.5. The van der Waals surface area contributed by atoms with Crippen LogP contribution in [0.2, 0.25) is 0 Å². The number of hydrogen-bond acceptors (Lipinski definition) is 11. The van der Waals surface area contributed by atoms with Crippen LogP contribution < -0.4 is 89.7 Å². The fraction of sp³-hybridized carbons (Fsp3) is 0.130. The molecule has 2 aromatic heterocycles. The first kappa shape index (κ1) is 29.6. The maximum absolute atomic E-state index is 12.3. The first-order valence-electron chi connectivity index (χ1n) is 9.74. The summed E-state index contributed by atoms with van der Waals surface area (Å²) in [5.41, 5.74) is -1.40. The van der Waals surface area contributed by atoms with E-state index in [-0.39, 0.29) is 107 Å². The fourth-order valence-electron chi connectivity index (χ4n) is 3.22. The Hall–Kier alpha value is -2.64. The topological polar surface area (TPSA) is 179 Å². The molecule has 0 amide bonds. The predicted octanol–water partition coefficient (Wildman–Crippen LogP) is -6.30. The normalized spacial score (nSPS) is 10.5. The molecular formula is C23H16Na2O11. The van der Waals surface area contributed by atoms with Crippen LogP contribution in [0.15, 0.2) is 67.0 Å². The Morgan fingerprint density at radius 3 is 1.56 bits per heavy atom. The smallest absolute Gasteiger partial charge is 0.542 e. The number of carboxylic acid groups (broad SMARTS) is 2. The Labute approximate surface area is 247 Å². The average molecular weight is 514 g/mol. The van der Waals surface area contributed by atoms with Crippen LogP contribution in [0, 0.1) is 0 Å². The van der Waals surface area contributed by atoms with E-state index in [1.165, 1.54) is 36.4 Å². The number of carboxylic acids is 2. The van der Waals surface area contributed by atoms with Gasteiger partial charge in [0.1, 0.15) is 64.7 Å². The quantitative estimate of drug-likeness (QED) is 0.221. The molecule has 0 saturated heterocycles. The zero-order valence-corrected chi connectivity index (χ0v) is 23.1. The summed E-state index contributed by atoms with van der Waals surface area (Å²) in [7, 11) is 0. The summed E-state index contributed by atoms with van der Waals surface area (Å²) in [6, 6.07) is 10.1. The van der Waals surface area contributed by atoms with E-state index in [1.54, 1.807) is 0 Å². The largest absolute Gasteiger partial charge is 1.00 e. The van der Waals surface area contributed by atoms with Gasteiger partial charge in [-0.25, -0.2) is 0 Å². The van der Waals surface area contributed by atoms with E-state index in [2.05, 4.69) is 0 Å². The number of carbonyl (C=O) groups is 2. The SMILES string of the molecule is O=C([O-])c1cc(=O)c2c(OCC(O)COc3cccc4oc(C(=O)[O-])cc(=O)c34)cccc2o1.[HH].[Na+].[Na+]. The van der Waals surface area contributed by atoms with Crippen molar-refractivity contribution in [1.29, 1.82) is 0 Å². The molecule has 0 aliphatic carbocycles. The van der Waals surface area contributed by atoms with Gasteiger partial charge in [0.2, 0.25) is 0 Å².